The molecule has 0 aliphatic rings. The van der Waals surface area contributed by atoms with Gasteiger partial charge in [-0.3, -0.25) is 4.79 Å². The highest BCUT2D eigenvalue weighted by Gasteiger charge is 2.18. The molecule has 1 heterocycles. The quantitative estimate of drug-likeness (QED) is 0.650. The summed E-state index contributed by atoms with van der Waals surface area (Å²) in [6, 6.07) is 17.8. The van der Waals surface area contributed by atoms with Gasteiger partial charge in [-0.05, 0) is 38.8 Å². The highest BCUT2D eigenvalue weighted by molar-refractivity contribution is 5.93. The van der Waals surface area contributed by atoms with Crippen LogP contribution in [0.3, 0.4) is 0 Å². The predicted molar refractivity (Wildman–Crippen MR) is 113 cm³/mol. The van der Waals surface area contributed by atoms with Crippen LogP contribution in [-0.2, 0) is 6.42 Å². The van der Waals surface area contributed by atoms with Crippen molar-refractivity contribution in [3.8, 4) is 11.4 Å². The summed E-state index contributed by atoms with van der Waals surface area (Å²) in [5.74, 6) is 0.483. The Hall–Kier alpha value is -3.28. The highest BCUT2D eigenvalue weighted by atomic mass is 19.1. The number of rotatable bonds is 6. The second-order valence-corrected chi connectivity index (χ2v) is 7.80. The van der Waals surface area contributed by atoms with Crippen LogP contribution in [0.25, 0.3) is 11.4 Å². The molecule has 0 fully saturated rings. The average molecular weight is 392 g/mol. The van der Waals surface area contributed by atoms with Crippen molar-refractivity contribution in [1.29, 1.82) is 0 Å². The van der Waals surface area contributed by atoms with Crippen LogP contribution < -0.4 is 10.6 Å². The van der Waals surface area contributed by atoms with Gasteiger partial charge in [-0.15, -0.1) is 0 Å². The van der Waals surface area contributed by atoms with Crippen molar-refractivity contribution in [2.45, 2.75) is 32.7 Å². The normalized spacial score (nSPS) is 11.2. The van der Waals surface area contributed by atoms with Crippen molar-refractivity contribution in [2.24, 2.45) is 0 Å². The Morgan fingerprint density at radius 2 is 1.69 bits per heavy atom. The van der Waals surface area contributed by atoms with Crippen molar-refractivity contribution < 1.29 is 9.18 Å². The predicted octanol–water partition coefficient (Wildman–Crippen LogP) is 4.47. The SMILES string of the molecule is CC(C)(C)NC(=O)c1cc(NCCc2ccccc2F)nc(-c2ccccc2)n1. The van der Waals surface area contributed by atoms with Gasteiger partial charge in [-0.1, -0.05) is 48.5 Å². The van der Waals surface area contributed by atoms with Gasteiger partial charge in [-0.2, -0.15) is 0 Å². The Bertz CT molecular complexity index is 984. The number of aromatic nitrogens is 2. The summed E-state index contributed by atoms with van der Waals surface area (Å²) in [5, 5.41) is 6.12. The molecule has 2 N–H and O–H groups in total. The Morgan fingerprint density at radius 3 is 2.38 bits per heavy atom. The molecule has 6 heteroatoms. The first-order chi connectivity index (χ1) is 13.8. The lowest BCUT2D eigenvalue weighted by Crippen LogP contribution is -2.41. The number of anilines is 1. The second kappa shape index (κ2) is 8.82. The largest absolute Gasteiger partial charge is 0.370 e. The Morgan fingerprint density at radius 1 is 1.00 bits per heavy atom. The number of carbonyl (C=O) groups excluding carboxylic acids is 1. The third-order valence-electron chi connectivity index (χ3n) is 4.14. The van der Waals surface area contributed by atoms with Crippen LogP contribution in [0.2, 0.25) is 0 Å². The molecule has 0 unspecified atom stereocenters. The Balaban J connectivity index is 1.84. The maximum atomic E-state index is 13.8. The third kappa shape index (κ3) is 5.85. The molecular formula is C23H25FN4O. The van der Waals surface area contributed by atoms with Crippen LogP contribution in [0.5, 0.6) is 0 Å². The summed E-state index contributed by atoms with van der Waals surface area (Å²) in [4.78, 5) is 21.6. The molecule has 5 nitrogen and oxygen atoms in total. The molecule has 0 aliphatic carbocycles. The lowest BCUT2D eigenvalue weighted by molar-refractivity contribution is 0.0914. The molecule has 150 valence electrons. The lowest BCUT2D eigenvalue weighted by Gasteiger charge is -2.20. The van der Waals surface area contributed by atoms with Crippen LogP contribution >= 0.6 is 0 Å². The van der Waals surface area contributed by atoms with Crippen LogP contribution in [-0.4, -0.2) is 28.0 Å². The maximum Gasteiger partial charge on any atom is 0.270 e. The fourth-order valence-corrected chi connectivity index (χ4v) is 2.80. The molecule has 29 heavy (non-hydrogen) atoms. The fraction of sp³-hybridized carbons (Fsp3) is 0.261. The molecule has 1 amide bonds. The zero-order chi connectivity index (χ0) is 20.9. The molecule has 0 radical (unpaired) electrons. The molecule has 0 saturated heterocycles. The van der Waals surface area contributed by atoms with Crippen LogP contribution in [0, 0.1) is 5.82 Å². The molecule has 0 bridgehead atoms. The molecular weight excluding hydrogens is 367 g/mol. The van der Waals surface area contributed by atoms with Gasteiger partial charge in [0, 0.05) is 23.7 Å². The lowest BCUT2D eigenvalue weighted by atomic mass is 10.1. The van der Waals surface area contributed by atoms with E-state index in [-0.39, 0.29) is 23.0 Å². The number of benzene rings is 2. The van der Waals surface area contributed by atoms with Gasteiger partial charge in [0.1, 0.15) is 17.3 Å². The van der Waals surface area contributed by atoms with Crippen molar-refractivity contribution in [3.05, 3.63) is 77.7 Å². The number of hydrogen-bond donors (Lipinski definition) is 2. The van der Waals surface area contributed by atoms with E-state index in [2.05, 4.69) is 20.6 Å². The van der Waals surface area contributed by atoms with Crippen molar-refractivity contribution >= 4 is 11.7 Å². The van der Waals surface area contributed by atoms with E-state index in [0.29, 0.717) is 30.2 Å². The van der Waals surface area contributed by atoms with Crippen LogP contribution in [0.15, 0.2) is 60.7 Å². The van der Waals surface area contributed by atoms with E-state index in [4.69, 9.17) is 0 Å². The minimum atomic E-state index is -0.382. The monoisotopic (exact) mass is 392 g/mol. The summed E-state index contributed by atoms with van der Waals surface area (Å²) in [7, 11) is 0. The van der Waals surface area contributed by atoms with Crippen molar-refractivity contribution in [1.82, 2.24) is 15.3 Å². The highest BCUT2D eigenvalue weighted by Crippen LogP contribution is 2.18. The molecule has 0 saturated carbocycles. The topological polar surface area (TPSA) is 66.9 Å². The van der Waals surface area contributed by atoms with Crippen molar-refractivity contribution in [3.63, 3.8) is 0 Å². The zero-order valence-electron chi connectivity index (χ0n) is 16.9. The van der Waals surface area contributed by atoms with Crippen LogP contribution in [0.1, 0.15) is 36.8 Å². The first-order valence-corrected chi connectivity index (χ1v) is 9.56. The number of nitrogens with zero attached hydrogens (tertiary/aromatic N) is 2. The molecule has 1 aromatic heterocycles. The van der Waals surface area contributed by atoms with E-state index in [1.165, 1.54) is 6.07 Å². The van der Waals surface area contributed by atoms with Gasteiger partial charge in [0.05, 0.1) is 0 Å². The molecule has 3 rings (SSSR count). The maximum absolute atomic E-state index is 13.8. The molecule has 3 aromatic rings. The number of nitrogens with one attached hydrogen (secondary N) is 2. The van der Waals surface area contributed by atoms with Gasteiger partial charge in [-0.25, -0.2) is 14.4 Å². The van der Waals surface area contributed by atoms with Gasteiger partial charge < -0.3 is 10.6 Å². The van der Waals surface area contributed by atoms with Gasteiger partial charge in [0.25, 0.3) is 5.91 Å². The molecule has 2 aromatic carbocycles. The average Bonchev–Trinajstić information content (AvgIpc) is 2.69. The molecule has 0 atom stereocenters. The Labute approximate surface area is 170 Å². The van der Waals surface area contributed by atoms with E-state index >= 15 is 0 Å². The van der Waals surface area contributed by atoms with Gasteiger partial charge in [0.2, 0.25) is 0 Å². The first-order valence-electron chi connectivity index (χ1n) is 9.56. The van der Waals surface area contributed by atoms with E-state index < -0.39 is 0 Å². The number of amides is 1. The standard InChI is InChI=1S/C23H25FN4O/c1-23(2,3)28-22(29)19-15-20(25-14-13-16-9-7-8-12-18(16)24)27-21(26-19)17-10-5-4-6-11-17/h4-12,15H,13-14H2,1-3H3,(H,28,29)(H,25,26,27). The van der Waals surface area contributed by atoms with E-state index in [1.807, 2.05) is 57.2 Å². The fourth-order valence-electron chi connectivity index (χ4n) is 2.80. The summed E-state index contributed by atoms with van der Waals surface area (Å²) in [6.45, 7) is 6.22. The second-order valence-electron chi connectivity index (χ2n) is 7.80. The molecule has 0 aliphatic heterocycles. The van der Waals surface area contributed by atoms with E-state index in [0.717, 1.165) is 5.56 Å². The first kappa shape index (κ1) is 20.5. The van der Waals surface area contributed by atoms with Gasteiger partial charge >= 0.3 is 0 Å². The number of hydrogen-bond acceptors (Lipinski definition) is 4. The summed E-state index contributed by atoms with van der Waals surface area (Å²) in [6.07, 6.45) is 0.501. The number of halogens is 1. The third-order valence-corrected chi connectivity index (χ3v) is 4.14. The van der Waals surface area contributed by atoms with E-state index in [9.17, 15) is 9.18 Å². The summed E-state index contributed by atoms with van der Waals surface area (Å²) >= 11 is 0. The number of carbonyl (C=O) groups is 1. The summed E-state index contributed by atoms with van der Waals surface area (Å²) < 4.78 is 13.8. The smallest absolute Gasteiger partial charge is 0.270 e. The minimum absolute atomic E-state index is 0.229. The minimum Gasteiger partial charge on any atom is -0.370 e. The van der Waals surface area contributed by atoms with Crippen LogP contribution in [0.4, 0.5) is 10.2 Å². The van der Waals surface area contributed by atoms with Gasteiger partial charge in [0.15, 0.2) is 5.82 Å². The Kier molecular flexibility index (Phi) is 6.22. The molecule has 0 spiro atoms. The zero-order valence-corrected chi connectivity index (χ0v) is 16.9. The van der Waals surface area contributed by atoms with Crippen molar-refractivity contribution in [2.75, 3.05) is 11.9 Å². The summed E-state index contributed by atoms with van der Waals surface area (Å²) in [5.41, 5.74) is 1.34. The van der Waals surface area contributed by atoms with E-state index in [1.54, 1.807) is 18.2 Å².